The Morgan fingerprint density at radius 3 is 1.52 bits per heavy atom. The standard InChI is InChI=1S/C56H28FN5O2/c57-54-55(61-46-14-6-2-10-36(46)40-24-42-38-12-4-8-16-50(38)63-52(42)26-48(40)61)32(28-58)21-33(29-59)56(54)62-47-15-7-3-11-37(47)41-25-43-39-20-18-31(23-51(39)64-53(43)27-49(41)62)30-17-19-35-34-9-1-5-13-44(34)60-45(35)22-30/h1-27,60H. The molecule has 8 heteroatoms. The lowest BCUT2D eigenvalue weighted by Crippen LogP contribution is -2.09. The van der Waals surface area contributed by atoms with E-state index in [-0.39, 0.29) is 22.5 Å². The summed E-state index contributed by atoms with van der Waals surface area (Å²) in [5.41, 5.74) is 9.90. The molecular formula is C56H28FN5O2. The van der Waals surface area contributed by atoms with Gasteiger partial charge in [0, 0.05) is 77.0 Å². The first-order valence-corrected chi connectivity index (χ1v) is 21.0. The third-order valence-corrected chi connectivity index (χ3v) is 13.2. The Morgan fingerprint density at radius 1 is 0.391 bits per heavy atom. The predicted molar refractivity (Wildman–Crippen MR) is 254 cm³/mol. The van der Waals surface area contributed by atoms with Crippen LogP contribution in [-0.2, 0) is 0 Å². The molecule has 7 nitrogen and oxygen atoms in total. The Hall–Kier alpha value is -9.11. The average molecular weight is 822 g/mol. The fourth-order valence-electron chi connectivity index (χ4n) is 10.4. The van der Waals surface area contributed by atoms with Crippen molar-refractivity contribution < 1.29 is 13.2 Å². The maximum absolute atomic E-state index is 18.3. The van der Waals surface area contributed by atoms with Crippen LogP contribution < -0.4 is 0 Å². The van der Waals surface area contributed by atoms with Crippen LogP contribution in [0.15, 0.2) is 173 Å². The molecule has 1 N–H and O–H groups in total. The fraction of sp³-hybridized carbons (Fsp3) is 0. The van der Waals surface area contributed by atoms with Crippen LogP contribution in [0.3, 0.4) is 0 Å². The van der Waals surface area contributed by atoms with E-state index < -0.39 is 5.82 Å². The summed E-state index contributed by atoms with van der Waals surface area (Å²) in [6, 6.07) is 58.6. The van der Waals surface area contributed by atoms with Crippen molar-refractivity contribution in [2.45, 2.75) is 0 Å². The highest BCUT2D eigenvalue weighted by Crippen LogP contribution is 2.44. The number of hydrogen-bond donors (Lipinski definition) is 1. The summed E-state index contributed by atoms with van der Waals surface area (Å²) in [5.74, 6) is -0.702. The normalized spacial score (nSPS) is 12.1. The zero-order valence-electron chi connectivity index (χ0n) is 33.6. The lowest BCUT2D eigenvalue weighted by atomic mass is 10.0. The van der Waals surface area contributed by atoms with E-state index in [1.807, 2.05) is 95.6 Å². The summed E-state index contributed by atoms with van der Waals surface area (Å²) in [7, 11) is 0. The number of H-pyrrole nitrogens is 1. The Kier molecular flexibility index (Phi) is 6.75. The van der Waals surface area contributed by atoms with E-state index in [2.05, 4.69) is 83.9 Å². The molecule has 5 aromatic heterocycles. The number of benzene rings is 9. The maximum atomic E-state index is 18.3. The first kappa shape index (κ1) is 34.6. The van der Waals surface area contributed by atoms with Crippen molar-refractivity contribution in [3.63, 3.8) is 0 Å². The monoisotopic (exact) mass is 821 g/mol. The average Bonchev–Trinajstić information content (AvgIpc) is 4.14. The molecule has 296 valence electrons. The first-order valence-electron chi connectivity index (χ1n) is 21.0. The molecule has 0 fully saturated rings. The van der Waals surface area contributed by atoms with Crippen LogP contribution in [-0.4, -0.2) is 14.1 Å². The Bertz CT molecular complexity index is 4490. The van der Waals surface area contributed by atoms with Crippen molar-refractivity contribution in [3.05, 3.63) is 181 Å². The molecule has 0 radical (unpaired) electrons. The highest BCUT2D eigenvalue weighted by Gasteiger charge is 2.28. The van der Waals surface area contributed by atoms with Gasteiger partial charge in [-0.05, 0) is 71.8 Å². The van der Waals surface area contributed by atoms with Gasteiger partial charge in [0.25, 0.3) is 0 Å². The molecule has 14 rings (SSSR count). The lowest BCUT2D eigenvalue weighted by Gasteiger charge is -2.17. The minimum atomic E-state index is -0.702. The van der Waals surface area contributed by atoms with Gasteiger partial charge in [-0.3, -0.25) is 0 Å². The number of furan rings is 2. The van der Waals surface area contributed by atoms with Gasteiger partial charge < -0.3 is 23.0 Å². The summed E-state index contributed by atoms with van der Waals surface area (Å²) < 4.78 is 34.9. The predicted octanol–water partition coefficient (Wildman–Crippen LogP) is 14.9. The van der Waals surface area contributed by atoms with Crippen LogP contribution in [0.25, 0.3) is 132 Å². The third-order valence-electron chi connectivity index (χ3n) is 13.2. The van der Waals surface area contributed by atoms with Crippen molar-refractivity contribution in [1.82, 2.24) is 14.1 Å². The van der Waals surface area contributed by atoms with E-state index in [9.17, 15) is 10.5 Å². The van der Waals surface area contributed by atoms with E-state index in [1.165, 1.54) is 16.8 Å². The largest absolute Gasteiger partial charge is 0.456 e. The number of para-hydroxylation sites is 4. The molecule has 64 heavy (non-hydrogen) atoms. The number of rotatable bonds is 3. The molecule has 0 saturated heterocycles. The molecule has 0 bridgehead atoms. The van der Waals surface area contributed by atoms with E-state index >= 15 is 4.39 Å². The Balaban J connectivity index is 1.01. The van der Waals surface area contributed by atoms with Crippen LogP contribution in [0.4, 0.5) is 4.39 Å². The molecule has 0 atom stereocenters. The molecule has 0 aliphatic heterocycles. The lowest BCUT2D eigenvalue weighted by molar-refractivity contribution is 0.613. The zero-order valence-corrected chi connectivity index (χ0v) is 33.6. The number of hydrogen-bond acceptors (Lipinski definition) is 4. The van der Waals surface area contributed by atoms with Gasteiger partial charge in [-0.1, -0.05) is 91.0 Å². The van der Waals surface area contributed by atoms with Crippen LogP contribution >= 0.6 is 0 Å². The quantitative estimate of drug-likeness (QED) is 0.192. The minimum absolute atomic E-state index is 0.0298. The number of aromatic nitrogens is 3. The van der Waals surface area contributed by atoms with Crippen LogP contribution in [0, 0.1) is 28.5 Å². The summed E-state index contributed by atoms with van der Waals surface area (Å²) >= 11 is 0. The van der Waals surface area contributed by atoms with Gasteiger partial charge in [0.2, 0.25) is 0 Å². The zero-order chi connectivity index (χ0) is 42.4. The summed E-state index contributed by atoms with van der Waals surface area (Å²) in [6.07, 6.45) is 0. The summed E-state index contributed by atoms with van der Waals surface area (Å²) in [5, 5.41) is 31.2. The second-order valence-electron chi connectivity index (χ2n) is 16.5. The smallest absolute Gasteiger partial charge is 0.173 e. The molecule has 0 spiro atoms. The fourth-order valence-corrected chi connectivity index (χ4v) is 10.4. The molecule has 0 aliphatic carbocycles. The van der Waals surface area contributed by atoms with Gasteiger partial charge in [-0.25, -0.2) is 4.39 Å². The van der Waals surface area contributed by atoms with Crippen LogP contribution in [0.5, 0.6) is 0 Å². The van der Waals surface area contributed by atoms with Gasteiger partial charge in [0.05, 0.1) is 33.2 Å². The van der Waals surface area contributed by atoms with E-state index in [1.54, 1.807) is 4.57 Å². The van der Waals surface area contributed by atoms with Crippen molar-refractivity contribution in [2.75, 3.05) is 0 Å². The molecule has 0 amide bonds. The first-order chi connectivity index (χ1) is 31.5. The Morgan fingerprint density at radius 2 is 0.875 bits per heavy atom. The number of aromatic amines is 1. The molecule has 0 saturated carbocycles. The van der Waals surface area contributed by atoms with Crippen molar-refractivity contribution in [2.24, 2.45) is 0 Å². The van der Waals surface area contributed by atoms with Crippen LogP contribution in [0.2, 0.25) is 0 Å². The van der Waals surface area contributed by atoms with E-state index in [0.717, 1.165) is 76.4 Å². The molecule has 14 aromatic rings. The highest BCUT2D eigenvalue weighted by atomic mass is 19.1. The highest BCUT2D eigenvalue weighted by molar-refractivity contribution is 6.19. The van der Waals surface area contributed by atoms with Crippen molar-refractivity contribution in [1.29, 1.82) is 10.5 Å². The number of fused-ring (bicyclic) bond motifs is 15. The van der Waals surface area contributed by atoms with Gasteiger partial charge >= 0.3 is 0 Å². The molecule has 9 aromatic carbocycles. The maximum Gasteiger partial charge on any atom is 0.173 e. The second-order valence-corrected chi connectivity index (χ2v) is 16.5. The van der Waals surface area contributed by atoms with E-state index in [0.29, 0.717) is 33.2 Å². The number of nitrogens with zero attached hydrogens (tertiary/aromatic N) is 4. The van der Waals surface area contributed by atoms with Crippen molar-refractivity contribution >= 4 is 109 Å². The van der Waals surface area contributed by atoms with Crippen LogP contribution in [0.1, 0.15) is 11.1 Å². The summed E-state index contributed by atoms with van der Waals surface area (Å²) in [6.45, 7) is 0. The SMILES string of the molecule is N#Cc1cc(C#N)c(-n2c3ccccc3c3cc4c(cc32)oc2cc(-c3ccc5c(c3)[nH]c3ccccc35)ccc24)c(F)c1-n1c2ccccc2c2cc3c(cc21)oc1ccccc13. The minimum Gasteiger partial charge on any atom is -0.456 e. The second kappa shape index (κ2) is 12.5. The molecule has 0 unspecified atom stereocenters. The number of nitrogens with one attached hydrogen (secondary N) is 1. The van der Waals surface area contributed by atoms with Gasteiger partial charge in [-0.2, -0.15) is 10.5 Å². The van der Waals surface area contributed by atoms with Crippen molar-refractivity contribution in [3.8, 4) is 34.6 Å². The topological polar surface area (TPSA) is 99.5 Å². The molecular weight excluding hydrogens is 794 g/mol. The van der Waals surface area contributed by atoms with E-state index in [4.69, 9.17) is 8.83 Å². The van der Waals surface area contributed by atoms with Gasteiger partial charge in [0.15, 0.2) is 5.82 Å². The Labute approximate surface area is 361 Å². The molecule has 0 aliphatic rings. The van der Waals surface area contributed by atoms with Gasteiger partial charge in [0.1, 0.15) is 45.8 Å². The number of nitriles is 2. The molecule has 5 heterocycles. The number of halogens is 1. The third kappa shape index (κ3) is 4.55. The van der Waals surface area contributed by atoms with Gasteiger partial charge in [-0.15, -0.1) is 0 Å². The summed E-state index contributed by atoms with van der Waals surface area (Å²) in [4.78, 5) is 3.56.